The molecule has 0 spiro atoms. The number of hydrogen-bond donors (Lipinski definition) is 1. The maximum atomic E-state index is 12.7. The lowest BCUT2D eigenvalue weighted by Gasteiger charge is -2.40. The van der Waals surface area contributed by atoms with E-state index in [4.69, 9.17) is 19.2 Å². The molecule has 280 valence electrons. The third-order valence-corrected chi connectivity index (χ3v) is 10.1. The standard InChI is InChI=1S/C25H28BrN3O4.C16H12BrNO3/c1-25(2,3)33-24(31)29-11-9-28(10-12-29)22-19-8-6-5-7-18(19)20(23(30)32-4)14-16-13-17(26)15-27-21(16)22;1-21-16(20)13-7-9-6-10(17)8-18-14(9)15(19)12-5-3-2-4-11(12)13/h5-8,13-15,22H,9-12H2,1-4H3;2-8,15,19H,1H3. The van der Waals surface area contributed by atoms with Gasteiger partial charge in [0.25, 0.3) is 0 Å². The number of piperazine rings is 1. The molecule has 1 aliphatic heterocycles. The van der Waals surface area contributed by atoms with Gasteiger partial charge in [0.15, 0.2) is 0 Å². The summed E-state index contributed by atoms with van der Waals surface area (Å²) in [4.78, 5) is 50.4. The summed E-state index contributed by atoms with van der Waals surface area (Å²) in [5, 5.41) is 10.6. The van der Waals surface area contributed by atoms with Crippen molar-refractivity contribution in [1.29, 1.82) is 0 Å². The fraction of sp³-hybridized carbons (Fsp3) is 0.293. The van der Waals surface area contributed by atoms with Gasteiger partial charge in [-0.2, -0.15) is 0 Å². The van der Waals surface area contributed by atoms with E-state index in [-0.39, 0.29) is 18.1 Å². The van der Waals surface area contributed by atoms with E-state index < -0.39 is 17.7 Å². The molecule has 1 amide bonds. The van der Waals surface area contributed by atoms with E-state index in [0.29, 0.717) is 59.7 Å². The lowest BCUT2D eigenvalue weighted by molar-refractivity contribution is -0.134. The van der Waals surface area contributed by atoms with E-state index in [9.17, 15) is 19.5 Å². The first kappa shape index (κ1) is 39.0. The molecule has 0 saturated carbocycles. The molecular weight excluding hydrogens is 820 g/mol. The molecule has 13 heteroatoms. The van der Waals surface area contributed by atoms with Crippen LogP contribution in [0.4, 0.5) is 4.79 Å². The number of pyridine rings is 2. The SMILES string of the molecule is COC(=O)C1=Cc2cc(Br)cnc2C(N2CCN(C(=O)OC(C)(C)C)CC2)c2ccccc21.COC(=O)C1=Cc2cc(Br)cnc2C(O)c2ccccc21. The number of halogens is 2. The van der Waals surface area contributed by atoms with Crippen LogP contribution >= 0.6 is 31.9 Å². The van der Waals surface area contributed by atoms with Gasteiger partial charge in [-0.3, -0.25) is 14.9 Å². The minimum Gasteiger partial charge on any atom is -0.465 e. The zero-order valence-corrected chi connectivity index (χ0v) is 33.7. The van der Waals surface area contributed by atoms with Crippen LogP contribution in [0.15, 0.2) is 82.0 Å². The van der Waals surface area contributed by atoms with Crippen LogP contribution < -0.4 is 0 Å². The Balaban J connectivity index is 0.000000203. The van der Waals surface area contributed by atoms with Gasteiger partial charge in [-0.1, -0.05) is 48.5 Å². The number of ether oxygens (including phenoxy) is 3. The van der Waals surface area contributed by atoms with Crippen molar-refractivity contribution >= 4 is 73.2 Å². The molecule has 2 aromatic heterocycles. The minimum absolute atomic E-state index is 0.163. The number of carbonyl (C=O) groups is 3. The minimum atomic E-state index is -0.886. The summed E-state index contributed by atoms with van der Waals surface area (Å²) in [5.74, 6) is -0.828. The summed E-state index contributed by atoms with van der Waals surface area (Å²) < 4.78 is 17.1. The number of esters is 2. The number of aliphatic hydroxyl groups is 1. The fourth-order valence-electron chi connectivity index (χ4n) is 6.76. The molecule has 1 N–H and O–H groups in total. The number of aromatic nitrogens is 2. The number of nitrogens with zero attached hydrogens (tertiary/aromatic N) is 4. The highest BCUT2D eigenvalue weighted by Gasteiger charge is 2.36. The number of aliphatic hydroxyl groups excluding tert-OH is 1. The fourth-order valence-corrected chi connectivity index (χ4v) is 7.46. The second-order valence-corrected chi connectivity index (χ2v) is 15.7. The van der Waals surface area contributed by atoms with Gasteiger partial charge in [0.2, 0.25) is 0 Å². The summed E-state index contributed by atoms with van der Waals surface area (Å²) in [6.45, 7) is 8.03. The van der Waals surface area contributed by atoms with E-state index in [1.54, 1.807) is 35.5 Å². The molecule has 2 unspecified atom stereocenters. The smallest absolute Gasteiger partial charge is 0.410 e. The predicted molar refractivity (Wildman–Crippen MR) is 212 cm³/mol. The zero-order valence-electron chi connectivity index (χ0n) is 30.5. The van der Waals surface area contributed by atoms with Crippen molar-refractivity contribution in [3.05, 3.63) is 127 Å². The maximum Gasteiger partial charge on any atom is 0.410 e. The number of rotatable bonds is 3. The van der Waals surface area contributed by atoms with Crippen LogP contribution in [0.3, 0.4) is 0 Å². The third-order valence-electron chi connectivity index (χ3n) is 9.18. The average molecular weight is 861 g/mol. The summed E-state index contributed by atoms with van der Waals surface area (Å²) in [5.41, 5.74) is 6.45. The van der Waals surface area contributed by atoms with Crippen LogP contribution in [-0.2, 0) is 23.8 Å². The highest BCUT2D eigenvalue weighted by molar-refractivity contribution is 9.10. The molecule has 1 saturated heterocycles. The molecule has 1 fully saturated rings. The number of methoxy groups -OCH3 is 2. The zero-order chi connectivity index (χ0) is 38.7. The molecule has 4 aromatic rings. The number of amides is 1. The Kier molecular flexibility index (Phi) is 11.8. The summed E-state index contributed by atoms with van der Waals surface area (Å²) in [6.07, 6.45) is 5.79. The average Bonchev–Trinajstić information content (AvgIpc) is 3.38. The van der Waals surface area contributed by atoms with E-state index >= 15 is 0 Å². The van der Waals surface area contributed by atoms with Crippen molar-refractivity contribution in [3.8, 4) is 0 Å². The van der Waals surface area contributed by atoms with E-state index in [1.165, 1.54) is 14.2 Å². The van der Waals surface area contributed by atoms with Crippen LogP contribution in [-0.4, -0.2) is 88.9 Å². The normalized spacial score (nSPS) is 17.7. The van der Waals surface area contributed by atoms with Crippen molar-refractivity contribution < 1.29 is 33.7 Å². The molecule has 2 atom stereocenters. The summed E-state index contributed by atoms with van der Waals surface area (Å²) >= 11 is 6.86. The Labute approximate surface area is 330 Å². The maximum absolute atomic E-state index is 12.7. The molecule has 2 aliphatic carbocycles. The van der Waals surface area contributed by atoms with Crippen molar-refractivity contribution in [2.45, 2.75) is 38.5 Å². The molecule has 2 aromatic carbocycles. The van der Waals surface area contributed by atoms with E-state index in [0.717, 1.165) is 31.3 Å². The quantitative estimate of drug-likeness (QED) is 0.164. The van der Waals surface area contributed by atoms with Crippen molar-refractivity contribution in [3.63, 3.8) is 0 Å². The lowest BCUT2D eigenvalue weighted by Crippen LogP contribution is -2.51. The molecule has 3 heterocycles. The lowest BCUT2D eigenvalue weighted by atomic mass is 9.93. The second-order valence-electron chi connectivity index (χ2n) is 13.8. The van der Waals surface area contributed by atoms with Crippen LogP contribution in [0, 0.1) is 0 Å². The molecule has 11 nitrogen and oxygen atoms in total. The molecule has 0 radical (unpaired) electrons. The Morgan fingerprint density at radius 2 is 1.22 bits per heavy atom. The van der Waals surface area contributed by atoms with Gasteiger partial charge in [-0.05, 0) is 105 Å². The number of hydrogen-bond acceptors (Lipinski definition) is 10. The van der Waals surface area contributed by atoms with Gasteiger partial charge in [-0.15, -0.1) is 0 Å². The number of carbonyl (C=O) groups excluding carboxylic acids is 3. The van der Waals surface area contributed by atoms with Gasteiger partial charge in [0.1, 0.15) is 11.7 Å². The first-order chi connectivity index (χ1) is 25.8. The Morgan fingerprint density at radius 3 is 1.76 bits per heavy atom. The van der Waals surface area contributed by atoms with Crippen LogP contribution in [0.25, 0.3) is 23.3 Å². The Morgan fingerprint density at radius 1 is 0.741 bits per heavy atom. The Hall–Kier alpha value is -4.69. The van der Waals surface area contributed by atoms with Gasteiger partial charge < -0.3 is 24.2 Å². The van der Waals surface area contributed by atoms with Crippen LogP contribution in [0.2, 0.25) is 0 Å². The largest absolute Gasteiger partial charge is 0.465 e. The first-order valence-corrected chi connectivity index (χ1v) is 18.9. The van der Waals surface area contributed by atoms with Crippen molar-refractivity contribution in [1.82, 2.24) is 19.8 Å². The highest BCUT2D eigenvalue weighted by atomic mass is 79.9. The summed E-state index contributed by atoms with van der Waals surface area (Å²) in [6, 6.07) is 18.7. The van der Waals surface area contributed by atoms with Gasteiger partial charge in [0, 0.05) is 53.1 Å². The van der Waals surface area contributed by atoms with Crippen molar-refractivity contribution in [2.24, 2.45) is 0 Å². The monoisotopic (exact) mass is 858 g/mol. The first-order valence-electron chi connectivity index (χ1n) is 17.3. The molecule has 3 aliphatic rings. The molecular formula is C41H40Br2N4O7. The third kappa shape index (κ3) is 8.34. The molecule has 54 heavy (non-hydrogen) atoms. The van der Waals surface area contributed by atoms with E-state index in [2.05, 4.69) is 41.7 Å². The summed E-state index contributed by atoms with van der Waals surface area (Å²) in [7, 11) is 2.73. The molecule has 7 rings (SSSR count). The van der Waals surface area contributed by atoms with Crippen LogP contribution in [0.5, 0.6) is 0 Å². The highest BCUT2D eigenvalue weighted by Crippen LogP contribution is 2.41. The van der Waals surface area contributed by atoms with Gasteiger partial charge in [-0.25, -0.2) is 14.4 Å². The number of benzene rings is 2. The topological polar surface area (TPSA) is 131 Å². The number of fused-ring (bicyclic) bond motifs is 4. The van der Waals surface area contributed by atoms with Crippen LogP contribution in [0.1, 0.15) is 77.7 Å². The van der Waals surface area contributed by atoms with Gasteiger partial charge >= 0.3 is 18.0 Å². The second kappa shape index (κ2) is 16.4. The predicted octanol–water partition coefficient (Wildman–Crippen LogP) is 7.47. The van der Waals surface area contributed by atoms with E-state index in [1.807, 2.05) is 75.4 Å². The van der Waals surface area contributed by atoms with Gasteiger partial charge in [0.05, 0.1) is 42.8 Å². The van der Waals surface area contributed by atoms with Crippen molar-refractivity contribution in [2.75, 3.05) is 40.4 Å². The molecule has 0 bridgehead atoms. The Bertz CT molecular complexity index is 2160.